The van der Waals surface area contributed by atoms with Gasteiger partial charge in [0.2, 0.25) is 5.88 Å². The molecule has 0 aromatic carbocycles. The maximum absolute atomic E-state index is 6.10. The van der Waals surface area contributed by atoms with Gasteiger partial charge in [-0.15, -0.1) is 0 Å². The number of aromatic nitrogens is 2. The van der Waals surface area contributed by atoms with Gasteiger partial charge in [0.05, 0.1) is 6.61 Å². The van der Waals surface area contributed by atoms with Crippen LogP contribution in [0.5, 0.6) is 5.88 Å². The lowest BCUT2D eigenvalue weighted by Gasteiger charge is -2.28. The molecule has 1 aromatic rings. The number of rotatable bonds is 7. The molecule has 0 radical (unpaired) electrons. The van der Waals surface area contributed by atoms with Crippen LogP contribution >= 0.6 is 0 Å². The van der Waals surface area contributed by atoms with Gasteiger partial charge < -0.3 is 15.4 Å². The second-order valence-corrected chi connectivity index (χ2v) is 5.35. The van der Waals surface area contributed by atoms with Crippen LogP contribution in [0.4, 0.5) is 11.5 Å². The second-order valence-electron chi connectivity index (χ2n) is 5.35. The average Bonchev–Trinajstić information content (AvgIpc) is 2.36. The minimum absolute atomic E-state index is 0.372. The van der Waals surface area contributed by atoms with E-state index in [1.165, 1.54) is 6.33 Å². The molecule has 1 rings (SSSR count). The first-order valence-corrected chi connectivity index (χ1v) is 6.93. The van der Waals surface area contributed by atoms with E-state index in [0.29, 0.717) is 30.1 Å². The van der Waals surface area contributed by atoms with Crippen molar-refractivity contribution in [2.75, 3.05) is 24.3 Å². The fourth-order valence-corrected chi connectivity index (χ4v) is 2.01. The van der Waals surface area contributed by atoms with Crippen LogP contribution in [0.25, 0.3) is 0 Å². The molecule has 19 heavy (non-hydrogen) atoms. The van der Waals surface area contributed by atoms with Gasteiger partial charge in [-0.25, -0.2) is 4.98 Å². The van der Waals surface area contributed by atoms with Gasteiger partial charge in [0, 0.05) is 13.1 Å². The molecule has 0 fully saturated rings. The minimum Gasteiger partial charge on any atom is -0.476 e. The summed E-state index contributed by atoms with van der Waals surface area (Å²) >= 11 is 0. The SMILES string of the molecule is CCCOc1ncnc(N(C)C(C)CC(C)C)c1N. The summed E-state index contributed by atoms with van der Waals surface area (Å²) in [7, 11) is 2.01. The molecule has 0 amide bonds. The van der Waals surface area contributed by atoms with Crippen molar-refractivity contribution in [3.05, 3.63) is 6.33 Å². The fourth-order valence-electron chi connectivity index (χ4n) is 2.01. The number of anilines is 2. The average molecular weight is 266 g/mol. The molecule has 2 N–H and O–H groups in total. The van der Waals surface area contributed by atoms with E-state index >= 15 is 0 Å². The normalized spacial score (nSPS) is 12.5. The van der Waals surface area contributed by atoms with Crippen LogP contribution in [0.1, 0.15) is 40.5 Å². The Morgan fingerprint density at radius 1 is 1.32 bits per heavy atom. The summed E-state index contributed by atoms with van der Waals surface area (Å²) in [5.74, 6) is 1.86. The lowest BCUT2D eigenvalue weighted by molar-refractivity contribution is 0.306. The molecule has 0 aliphatic carbocycles. The van der Waals surface area contributed by atoms with Crippen molar-refractivity contribution in [3.8, 4) is 5.88 Å². The quantitative estimate of drug-likeness (QED) is 0.822. The standard InChI is InChI=1S/C14H26N4O/c1-6-7-19-14-12(15)13(16-9-17-14)18(5)11(4)8-10(2)3/h9-11H,6-8,15H2,1-5H3. The second kappa shape index (κ2) is 7.16. The zero-order valence-corrected chi connectivity index (χ0v) is 12.7. The number of hydrogen-bond donors (Lipinski definition) is 1. The topological polar surface area (TPSA) is 64.3 Å². The molecule has 0 spiro atoms. The first kappa shape index (κ1) is 15.5. The maximum atomic E-state index is 6.10. The Bertz CT molecular complexity index is 395. The third kappa shape index (κ3) is 4.26. The van der Waals surface area contributed by atoms with Crippen molar-refractivity contribution in [2.24, 2.45) is 5.92 Å². The summed E-state index contributed by atoms with van der Waals surface area (Å²) in [4.78, 5) is 10.5. The van der Waals surface area contributed by atoms with Crippen LogP contribution < -0.4 is 15.4 Å². The van der Waals surface area contributed by atoms with Gasteiger partial charge in [-0.2, -0.15) is 4.98 Å². The Balaban J connectivity index is 2.87. The van der Waals surface area contributed by atoms with Gasteiger partial charge in [-0.3, -0.25) is 0 Å². The van der Waals surface area contributed by atoms with Crippen LogP contribution in [0.3, 0.4) is 0 Å². The van der Waals surface area contributed by atoms with Crippen molar-refractivity contribution in [3.63, 3.8) is 0 Å². The summed E-state index contributed by atoms with van der Waals surface area (Å²) in [5, 5.41) is 0. The van der Waals surface area contributed by atoms with E-state index in [0.717, 1.165) is 18.7 Å². The predicted octanol–water partition coefficient (Wildman–Crippen LogP) is 2.72. The molecule has 1 unspecified atom stereocenters. The van der Waals surface area contributed by atoms with Gasteiger partial charge in [-0.05, 0) is 25.7 Å². The third-order valence-corrected chi connectivity index (χ3v) is 3.08. The molecule has 5 nitrogen and oxygen atoms in total. The van der Waals surface area contributed by atoms with Crippen molar-refractivity contribution >= 4 is 11.5 Å². The van der Waals surface area contributed by atoms with E-state index in [2.05, 4.69) is 42.6 Å². The molecule has 5 heteroatoms. The Labute approximate surface area is 116 Å². The summed E-state index contributed by atoms with van der Waals surface area (Å²) in [6.45, 7) is 9.27. The number of ether oxygens (including phenoxy) is 1. The van der Waals surface area contributed by atoms with E-state index in [1.54, 1.807) is 0 Å². The number of nitrogen functional groups attached to an aromatic ring is 1. The Hall–Kier alpha value is -1.52. The minimum atomic E-state index is 0.372. The summed E-state index contributed by atoms with van der Waals surface area (Å²) < 4.78 is 5.53. The summed E-state index contributed by atoms with van der Waals surface area (Å²) in [6.07, 6.45) is 3.53. The predicted molar refractivity (Wildman–Crippen MR) is 79.6 cm³/mol. The van der Waals surface area contributed by atoms with Crippen LogP contribution in [0, 0.1) is 5.92 Å². The van der Waals surface area contributed by atoms with Crippen LogP contribution in [0.2, 0.25) is 0 Å². The van der Waals surface area contributed by atoms with E-state index in [1.807, 2.05) is 7.05 Å². The first-order valence-electron chi connectivity index (χ1n) is 6.93. The van der Waals surface area contributed by atoms with E-state index < -0.39 is 0 Å². The molecule has 1 aromatic heterocycles. The van der Waals surface area contributed by atoms with Gasteiger partial charge in [0.15, 0.2) is 5.82 Å². The number of nitrogens with zero attached hydrogens (tertiary/aromatic N) is 3. The highest BCUT2D eigenvalue weighted by molar-refractivity contribution is 5.67. The van der Waals surface area contributed by atoms with E-state index in [4.69, 9.17) is 10.5 Å². The molecule has 1 heterocycles. The van der Waals surface area contributed by atoms with Crippen LogP contribution in [0.15, 0.2) is 6.33 Å². The monoisotopic (exact) mass is 266 g/mol. The highest BCUT2D eigenvalue weighted by Gasteiger charge is 2.18. The lowest BCUT2D eigenvalue weighted by Crippen LogP contribution is -2.31. The van der Waals surface area contributed by atoms with Crippen molar-refractivity contribution in [1.29, 1.82) is 0 Å². The molecular formula is C14H26N4O. The number of nitrogens with two attached hydrogens (primary N) is 1. The smallest absolute Gasteiger partial charge is 0.242 e. The molecule has 0 bridgehead atoms. The molecule has 0 saturated carbocycles. The van der Waals surface area contributed by atoms with Crippen LogP contribution in [-0.4, -0.2) is 29.7 Å². The van der Waals surface area contributed by atoms with E-state index in [-0.39, 0.29) is 0 Å². The van der Waals surface area contributed by atoms with Crippen molar-refractivity contribution in [1.82, 2.24) is 9.97 Å². The summed E-state index contributed by atoms with van der Waals surface area (Å²) in [5.41, 5.74) is 6.62. The Morgan fingerprint density at radius 3 is 2.58 bits per heavy atom. The van der Waals surface area contributed by atoms with E-state index in [9.17, 15) is 0 Å². The zero-order valence-electron chi connectivity index (χ0n) is 12.7. The maximum Gasteiger partial charge on any atom is 0.242 e. The lowest BCUT2D eigenvalue weighted by atomic mass is 10.0. The van der Waals surface area contributed by atoms with Gasteiger partial charge in [-0.1, -0.05) is 20.8 Å². The molecule has 1 atom stereocenters. The molecule has 0 saturated heterocycles. The van der Waals surface area contributed by atoms with Gasteiger partial charge in [0.25, 0.3) is 0 Å². The van der Waals surface area contributed by atoms with Crippen molar-refractivity contribution < 1.29 is 4.74 Å². The number of hydrogen-bond acceptors (Lipinski definition) is 5. The highest BCUT2D eigenvalue weighted by atomic mass is 16.5. The third-order valence-electron chi connectivity index (χ3n) is 3.08. The molecule has 0 aliphatic rings. The molecule has 0 aliphatic heterocycles. The Morgan fingerprint density at radius 2 is 2.00 bits per heavy atom. The highest BCUT2D eigenvalue weighted by Crippen LogP contribution is 2.29. The fraction of sp³-hybridized carbons (Fsp3) is 0.714. The van der Waals surface area contributed by atoms with Crippen molar-refractivity contribution in [2.45, 2.75) is 46.6 Å². The largest absolute Gasteiger partial charge is 0.476 e. The van der Waals surface area contributed by atoms with Gasteiger partial charge in [0.1, 0.15) is 12.0 Å². The zero-order chi connectivity index (χ0) is 14.4. The Kier molecular flexibility index (Phi) is 5.86. The van der Waals surface area contributed by atoms with Crippen LogP contribution in [-0.2, 0) is 0 Å². The van der Waals surface area contributed by atoms with Gasteiger partial charge >= 0.3 is 0 Å². The summed E-state index contributed by atoms with van der Waals surface area (Å²) in [6, 6.07) is 0.372. The molecule has 108 valence electrons. The first-order chi connectivity index (χ1) is 8.97. The molecular weight excluding hydrogens is 240 g/mol.